The van der Waals surface area contributed by atoms with E-state index in [-0.39, 0.29) is 5.17 Å². The van der Waals surface area contributed by atoms with E-state index < -0.39 is 0 Å². The van der Waals surface area contributed by atoms with Crippen LogP contribution in [-0.2, 0) is 0 Å². The Labute approximate surface area is 95.7 Å². The lowest BCUT2D eigenvalue weighted by Crippen LogP contribution is -2.15. The molecule has 0 unspecified atom stereocenters. The number of hydrogen-bond acceptors (Lipinski definition) is 2. The highest BCUT2D eigenvalue weighted by Gasteiger charge is 1.99. The van der Waals surface area contributed by atoms with Crippen molar-refractivity contribution in [1.82, 2.24) is 0 Å². The van der Waals surface area contributed by atoms with Gasteiger partial charge >= 0.3 is 0 Å². The summed E-state index contributed by atoms with van der Waals surface area (Å²) in [5.41, 5.74) is 7.53. The Morgan fingerprint density at radius 2 is 2.00 bits per heavy atom. The molecule has 2 N–H and O–H groups in total. The Morgan fingerprint density at radius 1 is 1.40 bits per heavy atom. The Hall–Kier alpha value is -1.35. The fourth-order valence-electron chi connectivity index (χ4n) is 1.32. The maximum absolute atomic E-state index is 5.26. The number of nitrogens with two attached hydrogens (primary N) is 1. The molecule has 0 spiro atoms. The molecule has 0 fully saturated rings. The third-order valence-corrected chi connectivity index (χ3v) is 2.12. The molecule has 0 bridgehead atoms. The fourth-order valence-corrected chi connectivity index (χ4v) is 1.42. The number of thiocarbonyl (C=S) groups is 1. The van der Waals surface area contributed by atoms with E-state index in [0.717, 1.165) is 24.0 Å². The number of ether oxygens (including phenoxy) is 1. The first-order chi connectivity index (χ1) is 7.13. The van der Waals surface area contributed by atoms with Crippen LogP contribution in [0.5, 0.6) is 5.75 Å². The van der Waals surface area contributed by atoms with Gasteiger partial charge < -0.3 is 10.5 Å². The number of allylic oxidation sites excluding steroid dienone is 1. The van der Waals surface area contributed by atoms with E-state index in [9.17, 15) is 0 Å². The first kappa shape index (κ1) is 11.7. The van der Waals surface area contributed by atoms with Crippen LogP contribution < -0.4 is 10.5 Å². The van der Waals surface area contributed by atoms with Crippen molar-refractivity contribution in [3.05, 3.63) is 36.4 Å². The van der Waals surface area contributed by atoms with Crippen LogP contribution in [0.3, 0.4) is 0 Å². The van der Waals surface area contributed by atoms with E-state index in [4.69, 9.17) is 10.5 Å². The summed E-state index contributed by atoms with van der Waals surface area (Å²) in [7, 11) is 0. The summed E-state index contributed by atoms with van der Waals surface area (Å²) in [5, 5.41) is 0.0372. The summed E-state index contributed by atoms with van der Waals surface area (Å²) in [6, 6.07) is 7.61. The van der Waals surface area contributed by atoms with Crippen LogP contribution in [0.4, 0.5) is 0 Å². The molecule has 0 radical (unpaired) electrons. The average Bonchev–Trinajstić information content (AvgIpc) is 2.18. The Morgan fingerprint density at radius 3 is 2.47 bits per heavy atom. The molecule has 0 atom stereocenters. The second kappa shape index (κ2) is 5.51. The van der Waals surface area contributed by atoms with Gasteiger partial charge in [-0.3, -0.25) is 0 Å². The number of rotatable bonds is 4. The van der Waals surface area contributed by atoms with Gasteiger partial charge in [0.05, 0.1) is 0 Å². The summed E-state index contributed by atoms with van der Waals surface area (Å²) < 4.78 is 5.09. The molecule has 0 aliphatic carbocycles. The van der Waals surface area contributed by atoms with Crippen molar-refractivity contribution >= 4 is 23.0 Å². The van der Waals surface area contributed by atoms with E-state index >= 15 is 0 Å². The molecule has 1 aromatic carbocycles. The first-order valence-corrected chi connectivity index (χ1v) is 5.29. The number of hydrogen-bond donors (Lipinski definition) is 1. The minimum atomic E-state index is 0.0372. The Kier molecular flexibility index (Phi) is 4.31. The van der Waals surface area contributed by atoms with E-state index in [1.54, 1.807) is 0 Å². The molecule has 1 rings (SSSR count). The van der Waals surface area contributed by atoms with Crippen molar-refractivity contribution in [2.24, 2.45) is 5.73 Å². The Bertz CT molecular complexity index is 356. The molecule has 2 nitrogen and oxygen atoms in total. The van der Waals surface area contributed by atoms with Crippen molar-refractivity contribution in [1.29, 1.82) is 0 Å². The van der Waals surface area contributed by atoms with Crippen LogP contribution in [0, 0.1) is 0 Å². The minimum absolute atomic E-state index is 0.0372. The predicted molar refractivity (Wildman–Crippen MR) is 67.8 cm³/mol. The monoisotopic (exact) mass is 221 g/mol. The molecule has 0 amide bonds. The quantitative estimate of drug-likeness (QED) is 0.793. The van der Waals surface area contributed by atoms with Crippen LogP contribution in [0.15, 0.2) is 30.8 Å². The zero-order chi connectivity index (χ0) is 11.3. The second-order valence-electron chi connectivity index (χ2n) is 3.30. The van der Waals surface area contributed by atoms with Crippen LogP contribution >= 0.6 is 12.2 Å². The van der Waals surface area contributed by atoms with Gasteiger partial charge in [0.2, 0.25) is 0 Å². The molecule has 0 saturated carbocycles. The summed E-state index contributed by atoms with van der Waals surface area (Å²) in [6.07, 6.45) is 2.11. The molecule has 0 aliphatic heterocycles. The van der Waals surface area contributed by atoms with Gasteiger partial charge in [-0.1, -0.05) is 32.1 Å². The highest BCUT2D eigenvalue weighted by molar-refractivity contribution is 7.80. The summed E-state index contributed by atoms with van der Waals surface area (Å²) in [4.78, 5) is 0. The SMILES string of the molecule is C=C(CCC)c1ccc(OC(N)=S)cc1. The summed E-state index contributed by atoms with van der Waals surface area (Å²) in [6.45, 7) is 6.15. The third-order valence-electron chi connectivity index (χ3n) is 2.03. The van der Waals surface area contributed by atoms with Crippen molar-refractivity contribution < 1.29 is 4.74 Å². The molecule has 15 heavy (non-hydrogen) atoms. The highest BCUT2D eigenvalue weighted by atomic mass is 32.1. The van der Waals surface area contributed by atoms with E-state index in [1.165, 1.54) is 0 Å². The van der Waals surface area contributed by atoms with Gasteiger partial charge in [0.25, 0.3) is 5.17 Å². The van der Waals surface area contributed by atoms with Gasteiger partial charge in [0, 0.05) is 0 Å². The molecule has 3 heteroatoms. The van der Waals surface area contributed by atoms with Crippen LogP contribution in [0.1, 0.15) is 25.3 Å². The Balaban J connectivity index is 2.71. The van der Waals surface area contributed by atoms with Crippen LogP contribution in [0.25, 0.3) is 5.57 Å². The first-order valence-electron chi connectivity index (χ1n) is 4.89. The van der Waals surface area contributed by atoms with Gasteiger partial charge in [0.15, 0.2) is 0 Å². The van der Waals surface area contributed by atoms with Gasteiger partial charge in [-0.25, -0.2) is 0 Å². The van der Waals surface area contributed by atoms with E-state index in [0.29, 0.717) is 5.75 Å². The molecule has 0 aromatic heterocycles. The normalized spacial score (nSPS) is 9.67. The van der Waals surface area contributed by atoms with Gasteiger partial charge in [-0.05, 0) is 41.9 Å². The molecule has 80 valence electrons. The fraction of sp³-hybridized carbons (Fsp3) is 0.250. The third kappa shape index (κ3) is 3.72. The molecule has 0 saturated heterocycles. The molecule has 0 heterocycles. The molecular weight excluding hydrogens is 206 g/mol. The predicted octanol–water partition coefficient (Wildman–Crippen LogP) is 3.12. The minimum Gasteiger partial charge on any atom is -0.432 e. The van der Waals surface area contributed by atoms with Crippen molar-refractivity contribution in [3.8, 4) is 5.75 Å². The van der Waals surface area contributed by atoms with Gasteiger partial charge in [-0.15, -0.1) is 0 Å². The van der Waals surface area contributed by atoms with E-state index in [1.807, 2.05) is 24.3 Å². The van der Waals surface area contributed by atoms with Crippen LogP contribution in [-0.4, -0.2) is 5.17 Å². The molecular formula is C12H15NOS. The lowest BCUT2D eigenvalue weighted by Gasteiger charge is -2.06. The van der Waals surface area contributed by atoms with Gasteiger partial charge in [0.1, 0.15) is 5.75 Å². The van der Waals surface area contributed by atoms with Crippen LogP contribution in [0.2, 0.25) is 0 Å². The summed E-state index contributed by atoms with van der Waals surface area (Å²) >= 11 is 4.64. The van der Waals surface area contributed by atoms with Crippen molar-refractivity contribution in [2.45, 2.75) is 19.8 Å². The van der Waals surface area contributed by atoms with E-state index in [2.05, 4.69) is 25.7 Å². The topological polar surface area (TPSA) is 35.2 Å². The molecule has 0 aliphatic rings. The number of benzene rings is 1. The largest absolute Gasteiger partial charge is 0.432 e. The average molecular weight is 221 g/mol. The zero-order valence-electron chi connectivity index (χ0n) is 8.82. The second-order valence-corrected chi connectivity index (χ2v) is 3.70. The molecule has 1 aromatic rings. The highest BCUT2D eigenvalue weighted by Crippen LogP contribution is 2.20. The summed E-state index contributed by atoms with van der Waals surface area (Å²) in [5.74, 6) is 0.663. The standard InChI is InChI=1S/C12H15NOS/c1-3-4-9(2)10-5-7-11(8-6-10)14-12(13)15/h5-8H,2-4H2,1H3,(H2,13,15). The lowest BCUT2D eigenvalue weighted by molar-refractivity contribution is 0.557. The van der Waals surface area contributed by atoms with Gasteiger partial charge in [-0.2, -0.15) is 0 Å². The van der Waals surface area contributed by atoms with Crippen molar-refractivity contribution in [2.75, 3.05) is 0 Å². The smallest absolute Gasteiger partial charge is 0.259 e. The zero-order valence-corrected chi connectivity index (χ0v) is 9.64. The maximum atomic E-state index is 5.26. The lowest BCUT2D eigenvalue weighted by atomic mass is 10.0. The van der Waals surface area contributed by atoms with Crippen molar-refractivity contribution in [3.63, 3.8) is 0 Å². The maximum Gasteiger partial charge on any atom is 0.259 e.